The minimum atomic E-state index is -0.209. The van der Waals surface area contributed by atoms with E-state index in [0.29, 0.717) is 6.54 Å². The van der Waals surface area contributed by atoms with Gasteiger partial charge < -0.3 is 4.90 Å². The minimum Gasteiger partial charge on any atom is -0.346 e. The summed E-state index contributed by atoms with van der Waals surface area (Å²) in [5.74, 6) is 0.561. The maximum Gasteiger partial charge on any atom is 0.205 e. The number of rotatable bonds is 3. The van der Waals surface area contributed by atoms with Crippen LogP contribution in [0.2, 0.25) is 0 Å². The number of anilines is 1. The summed E-state index contributed by atoms with van der Waals surface area (Å²) in [6, 6.07) is 6.58. The Hall–Kier alpha value is -1.49. The van der Waals surface area contributed by atoms with Crippen molar-refractivity contribution < 1.29 is 4.39 Å². The number of nitrogens with zero attached hydrogens (tertiary/aromatic N) is 3. The Morgan fingerprint density at radius 1 is 1.44 bits per heavy atom. The molecule has 5 heteroatoms. The lowest BCUT2D eigenvalue weighted by atomic mass is 10.2. The van der Waals surface area contributed by atoms with Gasteiger partial charge in [0.25, 0.3) is 0 Å². The molecule has 0 aliphatic rings. The molecule has 2 aromatic rings. The van der Waals surface area contributed by atoms with Gasteiger partial charge in [0, 0.05) is 25.1 Å². The van der Waals surface area contributed by atoms with Gasteiger partial charge in [0.2, 0.25) is 5.13 Å². The summed E-state index contributed by atoms with van der Waals surface area (Å²) in [5, 5.41) is 0.849. The number of aromatic nitrogens is 2. The number of halogens is 1. The van der Waals surface area contributed by atoms with Gasteiger partial charge in [-0.1, -0.05) is 12.1 Å². The van der Waals surface area contributed by atoms with E-state index in [4.69, 9.17) is 0 Å². The van der Waals surface area contributed by atoms with E-state index in [2.05, 4.69) is 9.36 Å². The van der Waals surface area contributed by atoms with Gasteiger partial charge in [-0.3, -0.25) is 0 Å². The Bertz CT molecular complexity index is 484. The third kappa shape index (κ3) is 2.55. The molecule has 0 bridgehead atoms. The van der Waals surface area contributed by atoms with Crippen molar-refractivity contribution in [2.24, 2.45) is 0 Å². The summed E-state index contributed by atoms with van der Waals surface area (Å²) in [5.41, 5.74) is 0.926. The summed E-state index contributed by atoms with van der Waals surface area (Å²) in [4.78, 5) is 6.23. The topological polar surface area (TPSA) is 29.0 Å². The highest BCUT2D eigenvalue weighted by molar-refractivity contribution is 7.09. The van der Waals surface area contributed by atoms with E-state index in [-0.39, 0.29) is 5.82 Å². The van der Waals surface area contributed by atoms with Crippen LogP contribution < -0.4 is 4.90 Å². The third-order valence-corrected chi connectivity index (χ3v) is 3.07. The molecule has 2 rings (SSSR count). The average Bonchev–Trinajstić information content (AvgIpc) is 2.65. The summed E-state index contributed by atoms with van der Waals surface area (Å²) >= 11 is 1.35. The summed E-state index contributed by atoms with van der Waals surface area (Å²) in [7, 11) is 1.92. The van der Waals surface area contributed by atoms with Gasteiger partial charge in [0.1, 0.15) is 11.6 Å². The second kappa shape index (κ2) is 4.57. The summed E-state index contributed by atoms with van der Waals surface area (Å²) in [6.45, 7) is 2.49. The molecule has 0 amide bonds. The number of hydrogen-bond acceptors (Lipinski definition) is 4. The molecule has 1 aromatic heterocycles. The molecule has 0 radical (unpaired) electrons. The average molecular weight is 237 g/mol. The van der Waals surface area contributed by atoms with Crippen molar-refractivity contribution in [1.29, 1.82) is 0 Å². The van der Waals surface area contributed by atoms with Crippen molar-refractivity contribution in [1.82, 2.24) is 9.36 Å². The maximum atomic E-state index is 13.0. The van der Waals surface area contributed by atoms with E-state index in [1.165, 1.54) is 23.7 Å². The van der Waals surface area contributed by atoms with E-state index in [1.807, 2.05) is 24.9 Å². The molecule has 0 unspecified atom stereocenters. The molecule has 0 aliphatic carbocycles. The summed E-state index contributed by atoms with van der Waals surface area (Å²) < 4.78 is 17.1. The Balaban J connectivity index is 2.10. The molecule has 0 spiro atoms. The van der Waals surface area contributed by atoms with Crippen LogP contribution in [-0.4, -0.2) is 16.4 Å². The second-order valence-corrected chi connectivity index (χ2v) is 4.34. The Morgan fingerprint density at radius 2 is 2.25 bits per heavy atom. The smallest absolute Gasteiger partial charge is 0.205 e. The van der Waals surface area contributed by atoms with Crippen molar-refractivity contribution in [3.8, 4) is 0 Å². The van der Waals surface area contributed by atoms with Crippen LogP contribution in [0.4, 0.5) is 9.52 Å². The molecule has 0 saturated heterocycles. The molecule has 0 saturated carbocycles. The van der Waals surface area contributed by atoms with Crippen LogP contribution in [0.3, 0.4) is 0 Å². The highest BCUT2D eigenvalue weighted by atomic mass is 32.1. The molecule has 0 fully saturated rings. The standard InChI is InChI=1S/C11H12FN3S/c1-8-13-11(16-14-8)15(2)7-9-4-3-5-10(12)6-9/h3-6H,7H2,1-2H3. The highest BCUT2D eigenvalue weighted by Crippen LogP contribution is 2.17. The van der Waals surface area contributed by atoms with E-state index in [1.54, 1.807) is 6.07 Å². The van der Waals surface area contributed by atoms with Gasteiger partial charge in [-0.05, 0) is 24.6 Å². The quantitative estimate of drug-likeness (QED) is 0.821. The fourth-order valence-corrected chi connectivity index (χ4v) is 2.05. The predicted octanol–water partition coefficient (Wildman–Crippen LogP) is 2.62. The van der Waals surface area contributed by atoms with Crippen LogP contribution in [0.25, 0.3) is 0 Å². The fourth-order valence-electron chi connectivity index (χ4n) is 1.42. The molecular weight excluding hydrogens is 225 g/mol. The van der Waals surface area contributed by atoms with E-state index < -0.39 is 0 Å². The van der Waals surface area contributed by atoms with Gasteiger partial charge in [0.15, 0.2) is 0 Å². The lowest BCUT2D eigenvalue weighted by Crippen LogP contribution is -2.16. The Kier molecular flexibility index (Phi) is 3.14. The molecule has 3 nitrogen and oxygen atoms in total. The third-order valence-electron chi connectivity index (χ3n) is 2.15. The molecule has 0 aliphatic heterocycles. The largest absolute Gasteiger partial charge is 0.346 e. The maximum absolute atomic E-state index is 13.0. The molecule has 84 valence electrons. The van der Waals surface area contributed by atoms with Crippen LogP contribution in [0.1, 0.15) is 11.4 Å². The molecule has 1 heterocycles. The van der Waals surface area contributed by atoms with Crippen LogP contribution >= 0.6 is 11.5 Å². The zero-order valence-electron chi connectivity index (χ0n) is 9.14. The van der Waals surface area contributed by atoms with Gasteiger partial charge in [-0.15, -0.1) is 0 Å². The Morgan fingerprint density at radius 3 is 2.88 bits per heavy atom. The lowest BCUT2D eigenvalue weighted by molar-refractivity contribution is 0.625. The number of benzene rings is 1. The SMILES string of the molecule is Cc1nsc(N(C)Cc2cccc(F)c2)n1. The molecule has 16 heavy (non-hydrogen) atoms. The van der Waals surface area contributed by atoms with E-state index >= 15 is 0 Å². The van der Waals surface area contributed by atoms with Crippen LogP contribution in [0, 0.1) is 12.7 Å². The monoisotopic (exact) mass is 237 g/mol. The van der Waals surface area contributed by atoms with Crippen molar-refractivity contribution in [2.75, 3.05) is 11.9 Å². The van der Waals surface area contributed by atoms with Crippen LogP contribution in [0.15, 0.2) is 24.3 Å². The van der Waals surface area contributed by atoms with E-state index in [9.17, 15) is 4.39 Å². The van der Waals surface area contributed by atoms with Gasteiger partial charge >= 0.3 is 0 Å². The molecule has 0 N–H and O–H groups in total. The Labute approximate surface area is 97.7 Å². The zero-order valence-corrected chi connectivity index (χ0v) is 9.96. The first-order valence-electron chi connectivity index (χ1n) is 4.91. The number of hydrogen-bond donors (Lipinski definition) is 0. The lowest BCUT2D eigenvalue weighted by Gasteiger charge is -2.14. The first kappa shape index (κ1) is 11.0. The van der Waals surface area contributed by atoms with Crippen molar-refractivity contribution in [2.45, 2.75) is 13.5 Å². The van der Waals surface area contributed by atoms with Crippen molar-refractivity contribution in [3.05, 3.63) is 41.5 Å². The van der Waals surface area contributed by atoms with Crippen molar-refractivity contribution >= 4 is 16.7 Å². The second-order valence-electron chi connectivity index (χ2n) is 3.61. The number of aryl methyl sites for hydroxylation is 1. The minimum absolute atomic E-state index is 0.209. The van der Waals surface area contributed by atoms with Gasteiger partial charge in [0.05, 0.1) is 0 Å². The molecule has 0 atom stereocenters. The van der Waals surface area contributed by atoms with Crippen LogP contribution in [0.5, 0.6) is 0 Å². The zero-order chi connectivity index (χ0) is 11.5. The van der Waals surface area contributed by atoms with Crippen molar-refractivity contribution in [3.63, 3.8) is 0 Å². The van der Waals surface area contributed by atoms with Gasteiger partial charge in [-0.2, -0.15) is 4.37 Å². The summed E-state index contributed by atoms with van der Waals surface area (Å²) in [6.07, 6.45) is 0. The predicted molar refractivity (Wildman–Crippen MR) is 63.2 cm³/mol. The van der Waals surface area contributed by atoms with Gasteiger partial charge in [-0.25, -0.2) is 9.37 Å². The molecular formula is C11H12FN3S. The van der Waals surface area contributed by atoms with E-state index in [0.717, 1.165) is 16.5 Å². The van der Waals surface area contributed by atoms with Crippen LogP contribution in [-0.2, 0) is 6.54 Å². The fraction of sp³-hybridized carbons (Fsp3) is 0.273. The highest BCUT2D eigenvalue weighted by Gasteiger charge is 2.07. The first-order valence-corrected chi connectivity index (χ1v) is 5.68. The molecule has 1 aromatic carbocycles. The normalized spacial score (nSPS) is 10.4. The first-order chi connectivity index (χ1) is 7.65.